The molecule has 2 aromatic rings. The summed E-state index contributed by atoms with van der Waals surface area (Å²) in [6, 6.07) is 3.37. The molecule has 0 amide bonds. The van der Waals surface area contributed by atoms with Crippen LogP contribution >= 0.6 is 11.3 Å². The Morgan fingerprint density at radius 3 is 2.46 bits per heavy atom. The quantitative estimate of drug-likeness (QED) is 0.801. The molecule has 3 heterocycles. The van der Waals surface area contributed by atoms with E-state index in [0.29, 0.717) is 24.8 Å². The van der Waals surface area contributed by atoms with Gasteiger partial charge in [0.15, 0.2) is 0 Å². The fourth-order valence-corrected chi connectivity index (χ4v) is 5.32. The molecule has 6 nitrogen and oxygen atoms in total. The zero-order valence-electron chi connectivity index (χ0n) is 15.5. The summed E-state index contributed by atoms with van der Waals surface area (Å²) in [5, 5.41) is 6.47. The van der Waals surface area contributed by atoms with Crippen molar-refractivity contribution in [3.63, 3.8) is 0 Å². The fourth-order valence-electron chi connectivity index (χ4n) is 2.93. The van der Waals surface area contributed by atoms with Gasteiger partial charge in [0, 0.05) is 30.6 Å². The van der Waals surface area contributed by atoms with Crippen LogP contribution in [0.1, 0.15) is 62.7 Å². The minimum absolute atomic E-state index is 0.0100. The van der Waals surface area contributed by atoms with Gasteiger partial charge in [-0.3, -0.25) is 0 Å². The van der Waals surface area contributed by atoms with E-state index in [2.05, 4.69) is 34.5 Å². The summed E-state index contributed by atoms with van der Waals surface area (Å²) in [5.41, 5.74) is 0.977. The molecule has 1 atom stereocenters. The molecular formula is C18H26N4O2S2. The average Bonchev–Trinajstić information content (AvgIpc) is 3.13. The minimum Gasteiger partial charge on any atom is -0.362 e. The van der Waals surface area contributed by atoms with E-state index in [1.807, 2.05) is 6.92 Å². The van der Waals surface area contributed by atoms with E-state index < -0.39 is 10.0 Å². The minimum atomic E-state index is -3.43. The van der Waals surface area contributed by atoms with Gasteiger partial charge in [0.1, 0.15) is 10.7 Å². The highest BCUT2D eigenvalue weighted by atomic mass is 32.2. The third kappa shape index (κ3) is 4.24. The van der Waals surface area contributed by atoms with Gasteiger partial charge in [-0.25, -0.2) is 18.4 Å². The van der Waals surface area contributed by atoms with Crippen molar-refractivity contribution in [1.82, 2.24) is 14.3 Å². The van der Waals surface area contributed by atoms with Crippen LogP contribution < -0.4 is 5.32 Å². The van der Waals surface area contributed by atoms with E-state index in [1.165, 1.54) is 6.20 Å². The van der Waals surface area contributed by atoms with Crippen LogP contribution in [0.5, 0.6) is 0 Å². The van der Waals surface area contributed by atoms with Crippen LogP contribution in [-0.2, 0) is 10.0 Å². The van der Waals surface area contributed by atoms with E-state index in [1.54, 1.807) is 27.8 Å². The third-order valence-corrected chi connectivity index (χ3v) is 7.58. The summed E-state index contributed by atoms with van der Waals surface area (Å²) < 4.78 is 26.9. The Kier molecular flexibility index (Phi) is 5.94. The second-order valence-electron chi connectivity index (χ2n) is 6.98. The maximum absolute atomic E-state index is 12.7. The molecule has 0 aromatic carbocycles. The van der Waals surface area contributed by atoms with Crippen LogP contribution in [0.25, 0.3) is 0 Å². The molecule has 1 aliphatic heterocycles. The first-order valence-electron chi connectivity index (χ1n) is 9.06. The van der Waals surface area contributed by atoms with Crippen LogP contribution in [0.4, 0.5) is 5.82 Å². The number of sulfonamides is 1. The Morgan fingerprint density at radius 1 is 1.15 bits per heavy atom. The molecule has 0 bridgehead atoms. The molecule has 8 heteroatoms. The van der Waals surface area contributed by atoms with E-state index >= 15 is 0 Å². The van der Waals surface area contributed by atoms with Crippen molar-refractivity contribution in [2.75, 3.05) is 18.4 Å². The van der Waals surface area contributed by atoms with Gasteiger partial charge in [-0.15, -0.1) is 11.3 Å². The van der Waals surface area contributed by atoms with Crippen molar-refractivity contribution in [3.8, 4) is 0 Å². The van der Waals surface area contributed by atoms with Gasteiger partial charge in [-0.2, -0.15) is 4.31 Å². The second-order valence-corrected chi connectivity index (χ2v) is 9.80. The van der Waals surface area contributed by atoms with Crippen LogP contribution in [0.3, 0.4) is 0 Å². The Morgan fingerprint density at radius 2 is 1.88 bits per heavy atom. The largest absolute Gasteiger partial charge is 0.362 e. The normalized spacial score (nSPS) is 17.4. The first kappa shape index (κ1) is 19.3. The second kappa shape index (κ2) is 8.02. The van der Waals surface area contributed by atoms with Crippen LogP contribution in [0.2, 0.25) is 0 Å². The van der Waals surface area contributed by atoms with Crippen LogP contribution in [0.15, 0.2) is 28.6 Å². The van der Waals surface area contributed by atoms with Crippen molar-refractivity contribution < 1.29 is 8.42 Å². The highest BCUT2D eigenvalue weighted by molar-refractivity contribution is 7.89. The number of hydrogen-bond donors (Lipinski definition) is 1. The summed E-state index contributed by atoms with van der Waals surface area (Å²) in [4.78, 5) is 9.21. The van der Waals surface area contributed by atoms with Crippen molar-refractivity contribution in [1.29, 1.82) is 0 Å². The van der Waals surface area contributed by atoms with Crippen molar-refractivity contribution in [2.24, 2.45) is 0 Å². The fraction of sp³-hybridized carbons (Fsp3) is 0.556. The molecule has 1 unspecified atom stereocenters. The predicted octanol–water partition coefficient (Wildman–Crippen LogP) is 4.01. The summed E-state index contributed by atoms with van der Waals surface area (Å²) in [7, 11) is -3.43. The van der Waals surface area contributed by atoms with Gasteiger partial charge in [-0.1, -0.05) is 20.3 Å². The number of anilines is 1. The zero-order valence-corrected chi connectivity index (χ0v) is 17.1. The molecule has 1 aliphatic rings. The molecule has 0 saturated carbocycles. The molecule has 26 heavy (non-hydrogen) atoms. The lowest BCUT2D eigenvalue weighted by Crippen LogP contribution is -2.35. The standard InChI is InChI=1S/C18H26N4O2S2/c1-13(2)18-21-16(12-25-18)14(3)20-17-8-7-15(11-19-17)26(23,24)22-9-5-4-6-10-22/h7-8,11-14H,4-6,9-10H2,1-3H3,(H,19,20). The number of rotatable bonds is 6. The van der Waals surface area contributed by atoms with Gasteiger partial charge in [0.2, 0.25) is 10.0 Å². The summed E-state index contributed by atoms with van der Waals surface area (Å²) in [5.74, 6) is 1.06. The number of nitrogens with one attached hydrogen (secondary N) is 1. The van der Waals surface area contributed by atoms with Gasteiger partial charge < -0.3 is 5.32 Å². The van der Waals surface area contributed by atoms with E-state index in [0.717, 1.165) is 30.0 Å². The number of aromatic nitrogens is 2. The Balaban J connectivity index is 1.68. The summed E-state index contributed by atoms with van der Waals surface area (Å²) in [6.45, 7) is 7.48. The molecule has 0 spiro atoms. The lowest BCUT2D eigenvalue weighted by molar-refractivity contribution is 0.346. The van der Waals surface area contributed by atoms with Gasteiger partial charge in [0.05, 0.1) is 16.7 Å². The molecule has 142 valence electrons. The van der Waals surface area contributed by atoms with Crippen LogP contribution in [0, 0.1) is 0 Å². The molecule has 0 radical (unpaired) electrons. The van der Waals surface area contributed by atoms with Crippen molar-refractivity contribution >= 4 is 27.2 Å². The monoisotopic (exact) mass is 394 g/mol. The summed E-state index contributed by atoms with van der Waals surface area (Å²) in [6.07, 6.45) is 4.39. The molecule has 1 fully saturated rings. The van der Waals surface area contributed by atoms with Crippen molar-refractivity contribution in [2.45, 2.75) is 56.9 Å². The van der Waals surface area contributed by atoms with Gasteiger partial charge in [-0.05, 0) is 31.9 Å². The maximum Gasteiger partial charge on any atom is 0.244 e. The smallest absolute Gasteiger partial charge is 0.244 e. The lowest BCUT2D eigenvalue weighted by Gasteiger charge is -2.25. The number of nitrogens with zero attached hydrogens (tertiary/aromatic N) is 3. The first-order valence-corrected chi connectivity index (χ1v) is 11.4. The van der Waals surface area contributed by atoms with E-state index in [-0.39, 0.29) is 10.9 Å². The molecule has 2 aromatic heterocycles. The molecule has 0 aliphatic carbocycles. The maximum atomic E-state index is 12.7. The Bertz CT molecular complexity index is 825. The average molecular weight is 395 g/mol. The summed E-state index contributed by atoms with van der Waals surface area (Å²) >= 11 is 1.66. The highest BCUT2D eigenvalue weighted by Crippen LogP contribution is 2.25. The van der Waals surface area contributed by atoms with E-state index in [4.69, 9.17) is 0 Å². The molecule has 1 N–H and O–H groups in total. The SMILES string of the molecule is CC(C)c1nc(C(C)Nc2ccc(S(=O)(=O)N3CCCCC3)cn2)cs1. The Hall–Kier alpha value is -1.51. The number of pyridine rings is 1. The number of piperidine rings is 1. The number of thiazole rings is 1. The third-order valence-electron chi connectivity index (χ3n) is 4.53. The predicted molar refractivity (Wildman–Crippen MR) is 105 cm³/mol. The lowest BCUT2D eigenvalue weighted by atomic mass is 10.2. The molecule has 1 saturated heterocycles. The molecule has 3 rings (SSSR count). The number of hydrogen-bond acceptors (Lipinski definition) is 6. The van der Waals surface area contributed by atoms with Gasteiger partial charge in [0.25, 0.3) is 0 Å². The first-order chi connectivity index (χ1) is 12.4. The Labute approximate surface area is 159 Å². The van der Waals surface area contributed by atoms with Crippen LogP contribution in [-0.4, -0.2) is 35.8 Å². The van der Waals surface area contributed by atoms with Gasteiger partial charge >= 0.3 is 0 Å². The highest BCUT2D eigenvalue weighted by Gasteiger charge is 2.26. The topological polar surface area (TPSA) is 75.2 Å². The zero-order chi connectivity index (χ0) is 18.7. The molecular weight excluding hydrogens is 368 g/mol. The van der Waals surface area contributed by atoms with Crippen molar-refractivity contribution in [3.05, 3.63) is 34.4 Å². The van der Waals surface area contributed by atoms with E-state index in [9.17, 15) is 8.42 Å².